The second-order valence-electron chi connectivity index (χ2n) is 8.60. The van der Waals surface area contributed by atoms with Crippen molar-refractivity contribution in [3.8, 4) is 0 Å². The van der Waals surface area contributed by atoms with Crippen LogP contribution in [0, 0.1) is 11.8 Å². The van der Waals surface area contributed by atoms with Gasteiger partial charge in [-0.1, -0.05) is 27.7 Å². The summed E-state index contributed by atoms with van der Waals surface area (Å²) in [5, 5.41) is 0. The number of carbonyl (C=O) groups is 2. The van der Waals surface area contributed by atoms with Gasteiger partial charge in [0.05, 0.1) is 27.7 Å². The van der Waals surface area contributed by atoms with Crippen LogP contribution in [-0.4, -0.2) is 74.9 Å². The van der Waals surface area contributed by atoms with E-state index in [4.69, 9.17) is 18.5 Å². The molecule has 0 amide bonds. The Morgan fingerprint density at radius 3 is 1.96 bits per heavy atom. The maximum Gasteiger partial charge on any atom is 0.472 e. The number of phosphoric acid groups is 1. The molecule has 9 nitrogen and oxygen atoms in total. The van der Waals surface area contributed by atoms with Crippen molar-refractivity contribution in [1.82, 2.24) is 0 Å². The predicted molar refractivity (Wildman–Crippen MR) is 104 cm³/mol. The Bertz CT molecular complexity index is 530. The highest BCUT2D eigenvalue weighted by atomic mass is 31.2. The number of likely N-dealkylation sites (N-methyl/N-ethyl adjacent to an activating group) is 1. The number of phosphoric ester groups is 1. The van der Waals surface area contributed by atoms with Crippen molar-refractivity contribution < 1.29 is 42.1 Å². The van der Waals surface area contributed by atoms with Crippen LogP contribution < -0.4 is 0 Å². The fourth-order valence-corrected chi connectivity index (χ4v) is 2.65. The molecular weight excluding hydrogens is 389 g/mol. The molecule has 0 spiro atoms. The topological polar surface area (TPSA) is 108 Å². The van der Waals surface area contributed by atoms with Crippen LogP contribution in [0.15, 0.2) is 0 Å². The van der Waals surface area contributed by atoms with Gasteiger partial charge in [0.25, 0.3) is 0 Å². The van der Waals surface area contributed by atoms with E-state index in [2.05, 4.69) is 0 Å². The van der Waals surface area contributed by atoms with E-state index in [1.807, 2.05) is 48.8 Å². The van der Waals surface area contributed by atoms with Crippen LogP contribution in [0.25, 0.3) is 0 Å². The average molecular weight is 426 g/mol. The van der Waals surface area contributed by atoms with Crippen LogP contribution in [-0.2, 0) is 32.7 Å². The molecule has 0 bridgehead atoms. The van der Waals surface area contributed by atoms with E-state index < -0.39 is 32.5 Å². The Balaban J connectivity index is 4.69. The highest BCUT2D eigenvalue weighted by Gasteiger charge is 2.27. The molecule has 28 heavy (non-hydrogen) atoms. The molecule has 166 valence electrons. The maximum atomic E-state index is 12.0. The zero-order chi connectivity index (χ0) is 22.0. The van der Waals surface area contributed by atoms with Gasteiger partial charge in [-0.15, -0.1) is 0 Å². The SMILES string of the molecule is CC(C)CC(=O)OC[C@H](COP(=O)(O)OCC[N+](C)(C)C)OC(=O)CC(C)C. The summed E-state index contributed by atoms with van der Waals surface area (Å²) in [6, 6.07) is 0. The normalized spacial score (nSPS) is 15.4. The standard InChI is InChI=1S/C18H36NO8P/c1-14(2)10-17(20)24-12-16(27-18(21)11-15(3)4)13-26-28(22,23)25-9-8-19(5,6)7/h14-16H,8-13H2,1-7H3/p+1/t16-/m1/s1. The summed E-state index contributed by atoms with van der Waals surface area (Å²) in [5.41, 5.74) is 0. The minimum Gasteiger partial charge on any atom is -0.462 e. The Hall–Kier alpha value is -0.990. The number of ether oxygens (including phenoxy) is 2. The molecule has 0 heterocycles. The molecule has 0 fully saturated rings. The third-order valence-electron chi connectivity index (χ3n) is 3.32. The first-order valence-corrected chi connectivity index (χ1v) is 11.0. The predicted octanol–water partition coefficient (Wildman–Crippen LogP) is 2.37. The molecule has 0 aliphatic carbocycles. The van der Waals surface area contributed by atoms with Crippen molar-refractivity contribution in [2.45, 2.75) is 46.6 Å². The first-order valence-electron chi connectivity index (χ1n) is 9.47. The second-order valence-corrected chi connectivity index (χ2v) is 10.1. The van der Waals surface area contributed by atoms with Gasteiger partial charge in [-0.2, -0.15) is 0 Å². The minimum absolute atomic E-state index is 0.0262. The van der Waals surface area contributed by atoms with Gasteiger partial charge in [-0.3, -0.25) is 18.6 Å². The maximum absolute atomic E-state index is 12.0. The Kier molecular flexibility index (Phi) is 12.1. The Labute approximate surface area is 168 Å². The molecule has 0 aromatic heterocycles. The molecule has 0 radical (unpaired) electrons. The highest BCUT2D eigenvalue weighted by molar-refractivity contribution is 7.47. The third kappa shape index (κ3) is 16.0. The lowest BCUT2D eigenvalue weighted by Gasteiger charge is -2.24. The number of carbonyl (C=O) groups excluding carboxylic acids is 2. The summed E-state index contributed by atoms with van der Waals surface area (Å²) < 4.78 is 32.8. The van der Waals surface area contributed by atoms with E-state index in [0.29, 0.717) is 11.0 Å². The summed E-state index contributed by atoms with van der Waals surface area (Å²) in [7, 11) is 1.44. The molecule has 0 rings (SSSR count). The fourth-order valence-electron chi connectivity index (χ4n) is 1.91. The van der Waals surface area contributed by atoms with Gasteiger partial charge < -0.3 is 18.9 Å². The van der Waals surface area contributed by atoms with Crippen molar-refractivity contribution in [2.75, 3.05) is 47.5 Å². The quantitative estimate of drug-likeness (QED) is 0.256. The molecule has 2 atom stereocenters. The number of hydrogen-bond acceptors (Lipinski definition) is 7. The van der Waals surface area contributed by atoms with Gasteiger partial charge in [0.2, 0.25) is 0 Å². The van der Waals surface area contributed by atoms with Crippen LogP contribution in [0.3, 0.4) is 0 Å². The number of esters is 2. The molecule has 0 aliphatic rings. The first-order chi connectivity index (χ1) is 12.7. The van der Waals surface area contributed by atoms with Gasteiger partial charge in [0.15, 0.2) is 6.10 Å². The van der Waals surface area contributed by atoms with E-state index in [0.717, 1.165) is 0 Å². The monoisotopic (exact) mass is 426 g/mol. The largest absolute Gasteiger partial charge is 0.472 e. The number of quaternary nitrogens is 1. The molecule has 0 saturated carbocycles. The molecule has 0 saturated heterocycles. The van der Waals surface area contributed by atoms with Gasteiger partial charge in [-0.25, -0.2) is 4.57 Å². The van der Waals surface area contributed by atoms with Gasteiger partial charge in [-0.05, 0) is 11.8 Å². The lowest BCUT2D eigenvalue weighted by Crippen LogP contribution is -2.37. The lowest BCUT2D eigenvalue weighted by atomic mass is 10.1. The summed E-state index contributed by atoms with van der Waals surface area (Å²) in [6.45, 7) is 7.33. The first kappa shape index (κ1) is 27.0. The summed E-state index contributed by atoms with van der Waals surface area (Å²) in [6.07, 6.45) is -0.599. The fraction of sp³-hybridized carbons (Fsp3) is 0.889. The van der Waals surface area contributed by atoms with E-state index in [-0.39, 0.29) is 37.9 Å². The molecule has 1 unspecified atom stereocenters. The summed E-state index contributed by atoms with van der Waals surface area (Å²) >= 11 is 0. The van der Waals surface area contributed by atoms with E-state index in [1.54, 1.807) is 0 Å². The molecule has 1 N–H and O–H groups in total. The molecule has 0 aliphatic heterocycles. The Morgan fingerprint density at radius 2 is 1.46 bits per heavy atom. The van der Waals surface area contributed by atoms with Crippen LogP contribution in [0.5, 0.6) is 0 Å². The van der Waals surface area contributed by atoms with Crippen molar-refractivity contribution in [3.63, 3.8) is 0 Å². The van der Waals surface area contributed by atoms with Crippen molar-refractivity contribution in [3.05, 3.63) is 0 Å². The minimum atomic E-state index is -4.32. The van der Waals surface area contributed by atoms with Gasteiger partial charge >= 0.3 is 19.8 Å². The van der Waals surface area contributed by atoms with Crippen LogP contribution >= 0.6 is 7.82 Å². The highest BCUT2D eigenvalue weighted by Crippen LogP contribution is 2.43. The molecule has 0 aromatic rings. The number of rotatable bonds is 14. The van der Waals surface area contributed by atoms with Gasteiger partial charge in [0, 0.05) is 12.8 Å². The van der Waals surface area contributed by atoms with Crippen molar-refractivity contribution >= 4 is 19.8 Å². The zero-order valence-electron chi connectivity index (χ0n) is 18.2. The van der Waals surface area contributed by atoms with Gasteiger partial charge in [0.1, 0.15) is 19.8 Å². The van der Waals surface area contributed by atoms with Crippen LogP contribution in [0.2, 0.25) is 0 Å². The number of hydrogen-bond donors (Lipinski definition) is 1. The van der Waals surface area contributed by atoms with Crippen LogP contribution in [0.4, 0.5) is 0 Å². The molecule has 0 aromatic carbocycles. The summed E-state index contributed by atoms with van der Waals surface area (Å²) in [5.74, 6) is -0.730. The second kappa shape index (κ2) is 12.5. The average Bonchev–Trinajstić information content (AvgIpc) is 2.47. The smallest absolute Gasteiger partial charge is 0.462 e. The summed E-state index contributed by atoms with van der Waals surface area (Å²) in [4.78, 5) is 33.4. The zero-order valence-corrected chi connectivity index (χ0v) is 19.1. The van der Waals surface area contributed by atoms with E-state index >= 15 is 0 Å². The molecular formula is C18H37NO8P+. The molecule has 10 heteroatoms. The Morgan fingerprint density at radius 1 is 0.929 bits per heavy atom. The van der Waals surface area contributed by atoms with E-state index in [1.165, 1.54) is 0 Å². The van der Waals surface area contributed by atoms with Crippen molar-refractivity contribution in [1.29, 1.82) is 0 Å². The van der Waals surface area contributed by atoms with Crippen LogP contribution in [0.1, 0.15) is 40.5 Å². The number of nitrogens with zero attached hydrogens (tertiary/aromatic N) is 1. The lowest BCUT2D eigenvalue weighted by molar-refractivity contribution is -0.870. The van der Waals surface area contributed by atoms with Crippen molar-refractivity contribution in [2.24, 2.45) is 11.8 Å². The van der Waals surface area contributed by atoms with E-state index in [9.17, 15) is 19.0 Å². The third-order valence-corrected chi connectivity index (χ3v) is 4.30.